The predicted molar refractivity (Wildman–Crippen MR) is 31.4 cm³/mol. The second-order valence-electron chi connectivity index (χ2n) is 2.45. The number of hydrogen-bond acceptors (Lipinski definition) is 1. The molecular weight excluding hydrogens is 102 g/mol. The first-order chi connectivity index (χ1) is 3.79. The second-order valence-corrected chi connectivity index (χ2v) is 2.45. The average Bonchev–Trinajstić information content (AvgIpc) is 1.77. The van der Waals surface area contributed by atoms with Crippen molar-refractivity contribution in [3.05, 3.63) is 0 Å². The van der Waals surface area contributed by atoms with Crippen LogP contribution in [0.15, 0.2) is 0 Å². The minimum absolute atomic E-state index is 0.211. The van der Waals surface area contributed by atoms with Crippen molar-refractivity contribution in [2.24, 2.45) is 5.92 Å². The lowest BCUT2D eigenvalue weighted by Crippen LogP contribution is -2.33. The van der Waals surface area contributed by atoms with Gasteiger partial charge in [-0.05, 0) is 12.3 Å². The Morgan fingerprint density at radius 3 is 2.88 bits per heavy atom. The van der Waals surface area contributed by atoms with Gasteiger partial charge in [0.15, 0.2) is 0 Å². The minimum Gasteiger partial charge on any atom is -0.356 e. The number of rotatable bonds is 0. The van der Waals surface area contributed by atoms with E-state index in [-0.39, 0.29) is 5.91 Å². The van der Waals surface area contributed by atoms with Crippen LogP contribution in [0.5, 0.6) is 0 Å². The van der Waals surface area contributed by atoms with Crippen molar-refractivity contribution in [3.63, 3.8) is 0 Å². The van der Waals surface area contributed by atoms with Crippen LogP contribution in [0.2, 0.25) is 0 Å². The van der Waals surface area contributed by atoms with Crippen molar-refractivity contribution in [1.29, 1.82) is 0 Å². The molecule has 2 heteroatoms. The fourth-order valence-electron chi connectivity index (χ4n) is 0.856. The lowest BCUT2D eigenvalue weighted by Gasteiger charge is -2.17. The molecule has 1 atom stereocenters. The van der Waals surface area contributed by atoms with Crippen LogP contribution >= 0.6 is 0 Å². The summed E-state index contributed by atoms with van der Waals surface area (Å²) in [7, 11) is 0. The van der Waals surface area contributed by atoms with E-state index >= 15 is 0 Å². The Labute approximate surface area is 49.3 Å². The molecule has 1 amide bonds. The number of hydrogen-bond donors (Lipinski definition) is 1. The van der Waals surface area contributed by atoms with Gasteiger partial charge >= 0.3 is 0 Å². The van der Waals surface area contributed by atoms with E-state index in [2.05, 4.69) is 12.2 Å². The van der Waals surface area contributed by atoms with E-state index < -0.39 is 0 Å². The summed E-state index contributed by atoms with van der Waals surface area (Å²) in [6.07, 6.45) is 1.78. The maximum Gasteiger partial charge on any atom is 0.220 e. The molecule has 1 aliphatic heterocycles. The van der Waals surface area contributed by atoms with Crippen LogP contribution in [0.1, 0.15) is 19.8 Å². The van der Waals surface area contributed by atoms with E-state index in [0.717, 1.165) is 19.4 Å². The zero-order valence-corrected chi connectivity index (χ0v) is 5.11. The van der Waals surface area contributed by atoms with Crippen molar-refractivity contribution in [2.75, 3.05) is 6.54 Å². The van der Waals surface area contributed by atoms with Crippen LogP contribution < -0.4 is 5.32 Å². The molecule has 1 aliphatic rings. The summed E-state index contributed by atoms with van der Waals surface area (Å²) in [5.41, 5.74) is 0. The normalized spacial score (nSPS) is 29.6. The second kappa shape index (κ2) is 2.16. The monoisotopic (exact) mass is 113 g/mol. The highest BCUT2D eigenvalue weighted by molar-refractivity contribution is 5.76. The van der Waals surface area contributed by atoms with Crippen LogP contribution in [-0.2, 0) is 4.79 Å². The zero-order valence-electron chi connectivity index (χ0n) is 5.11. The molecule has 0 bridgehead atoms. The third-order valence-electron chi connectivity index (χ3n) is 1.51. The maximum atomic E-state index is 10.5. The summed E-state index contributed by atoms with van der Waals surface area (Å²) in [6.45, 7) is 3.03. The average molecular weight is 113 g/mol. The number of amides is 1. The van der Waals surface area contributed by atoms with Crippen LogP contribution in [0.25, 0.3) is 0 Å². The first-order valence-electron chi connectivity index (χ1n) is 3.06. The van der Waals surface area contributed by atoms with Gasteiger partial charge in [-0.15, -0.1) is 0 Å². The van der Waals surface area contributed by atoms with E-state index in [1.54, 1.807) is 0 Å². The molecular formula is C6H11NO. The van der Waals surface area contributed by atoms with Gasteiger partial charge in [0.05, 0.1) is 0 Å². The fraction of sp³-hybridized carbons (Fsp3) is 0.833. The zero-order chi connectivity index (χ0) is 5.98. The molecule has 1 unspecified atom stereocenters. The van der Waals surface area contributed by atoms with Gasteiger partial charge in [0.25, 0.3) is 0 Å². The summed E-state index contributed by atoms with van der Waals surface area (Å²) >= 11 is 0. The predicted octanol–water partition coefficient (Wildman–Crippen LogP) is 0.532. The van der Waals surface area contributed by atoms with Gasteiger partial charge < -0.3 is 5.32 Å². The molecule has 0 saturated carbocycles. The molecule has 0 aromatic rings. The number of nitrogens with one attached hydrogen (secondary N) is 1. The van der Waals surface area contributed by atoms with Crippen molar-refractivity contribution >= 4 is 5.91 Å². The number of carbonyl (C=O) groups excluding carboxylic acids is 1. The Morgan fingerprint density at radius 1 is 1.75 bits per heavy atom. The Morgan fingerprint density at radius 2 is 2.50 bits per heavy atom. The maximum absolute atomic E-state index is 10.5. The molecule has 0 aromatic heterocycles. The van der Waals surface area contributed by atoms with Crippen molar-refractivity contribution in [3.8, 4) is 0 Å². The standard InChI is InChI=1S/C6H11NO/c1-5-2-3-6(8)7-4-5/h5H,2-4H2,1H3,(H,7,8). The third-order valence-corrected chi connectivity index (χ3v) is 1.51. The van der Waals surface area contributed by atoms with Crippen LogP contribution in [0.4, 0.5) is 0 Å². The molecule has 1 fully saturated rings. The highest BCUT2D eigenvalue weighted by atomic mass is 16.1. The van der Waals surface area contributed by atoms with Gasteiger partial charge in [0, 0.05) is 13.0 Å². The van der Waals surface area contributed by atoms with E-state index in [9.17, 15) is 4.79 Å². The van der Waals surface area contributed by atoms with Crippen molar-refractivity contribution in [2.45, 2.75) is 19.8 Å². The summed E-state index contributed by atoms with van der Waals surface area (Å²) in [5, 5.41) is 2.79. The van der Waals surface area contributed by atoms with E-state index in [1.165, 1.54) is 0 Å². The molecule has 1 saturated heterocycles. The molecule has 1 N–H and O–H groups in total. The highest BCUT2D eigenvalue weighted by Crippen LogP contribution is 2.07. The van der Waals surface area contributed by atoms with Crippen molar-refractivity contribution in [1.82, 2.24) is 5.32 Å². The molecule has 0 aromatic carbocycles. The summed E-state index contributed by atoms with van der Waals surface area (Å²) in [6, 6.07) is 0. The lowest BCUT2D eigenvalue weighted by molar-refractivity contribution is -0.122. The van der Waals surface area contributed by atoms with Crippen molar-refractivity contribution < 1.29 is 4.79 Å². The smallest absolute Gasteiger partial charge is 0.220 e. The fourth-order valence-corrected chi connectivity index (χ4v) is 0.856. The largest absolute Gasteiger partial charge is 0.356 e. The Balaban J connectivity index is 2.29. The minimum atomic E-state index is 0.211. The molecule has 46 valence electrons. The van der Waals surface area contributed by atoms with E-state index in [4.69, 9.17) is 0 Å². The van der Waals surface area contributed by atoms with Gasteiger partial charge in [-0.1, -0.05) is 6.92 Å². The Kier molecular flexibility index (Phi) is 1.51. The van der Waals surface area contributed by atoms with E-state index in [0.29, 0.717) is 5.92 Å². The number of piperidine rings is 1. The van der Waals surface area contributed by atoms with E-state index in [1.807, 2.05) is 0 Å². The van der Waals surface area contributed by atoms with Gasteiger partial charge in [-0.25, -0.2) is 0 Å². The number of carbonyl (C=O) groups is 1. The molecule has 0 radical (unpaired) electrons. The molecule has 1 rings (SSSR count). The van der Waals surface area contributed by atoms with Gasteiger partial charge in [-0.3, -0.25) is 4.79 Å². The first kappa shape index (κ1) is 5.60. The SMILES string of the molecule is CC1CCC(=O)NC1. The van der Waals surface area contributed by atoms with Gasteiger partial charge in [-0.2, -0.15) is 0 Å². The highest BCUT2D eigenvalue weighted by Gasteiger charge is 2.12. The molecule has 2 nitrogen and oxygen atoms in total. The molecule has 0 spiro atoms. The molecule has 1 heterocycles. The molecule has 8 heavy (non-hydrogen) atoms. The third kappa shape index (κ3) is 1.22. The Bertz CT molecular complexity index is 90.7. The Hall–Kier alpha value is -0.530. The van der Waals surface area contributed by atoms with Crippen LogP contribution in [-0.4, -0.2) is 12.5 Å². The lowest BCUT2D eigenvalue weighted by atomic mass is 10.0. The van der Waals surface area contributed by atoms with Gasteiger partial charge in [0.1, 0.15) is 0 Å². The summed E-state index contributed by atoms with van der Waals surface area (Å²) in [5.74, 6) is 0.899. The quantitative estimate of drug-likeness (QED) is 0.488. The first-order valence-corrected chi connectivity index (χ1v) is 3.06. The van der Waals surface area contributed by atoms with Gasteiger partial charge in [0.2, 0.25) is 5.91 Å². The topological polar surface area (TPSA) is 29.1 Å². The van der Waals surface area contributed by atoms with Crippen LogP contribution in [0.3, 0.4) is 0 Å². The summed E-state index contributed by atoms with van der Waals surface area (Å²) in [4.78, 5) is 10.5. The van der Waals surface area contributed by atoms with Crippen LogP contribution in [0, 0.1) is 5.92 Å². The summed E-state index contributed by atoms with van der Waals surface area (Å²) < 4.78 is 0. The molecule has 0 aliphatic carbocycles.